The average Bonchev–Trinajstić information content (AvgIpc) is 3.19. The van der Waals surface area contributed by atoms with E-state index in [9.17, 15) is 18.8 Å². The van der Waals surface area contributed by atoms with Crippen molar-refractivity contribution in [3.8, 4) is 0 Å². The molecule has 188 valence electrons. The first-order valence-corrected chi connectivity index (χ1v) is 11.8. The van der Waals surface area contributed by atoms with E-state index in [4.69, 9.17) is 4.74 Å². The highest BCUT2D eigenvalue weighted by Gasteiger charge is 2.37. The number of nitrogens with zero attached hydrogens (tertiary/aromatic N) is 2. The smallest absolute Gasteiger partial charge is 0.256 e. The number of fused-ring (bicyclic) bond motifs is 2. The number of amides is 3. The maximum absolute atomic E-state index is 14.8. The van der Waals surface area contributed by atoms with Crippen molar-refractivity contribution in [2.45, 2.75) is 32.2 Å². The molecule has 0 saturated carbocycles. The number of hydrogen-bond acceptors (Lipinski definition) is 5. The normalized spacial score (nSPS) is 21.2. The summed E-state index contributed by atoms with van der Waals surface area (Å²) in [4.78, 5) is 45.2. The molecule has 1 fully saturated rings. The Labute approximate surface area is 204 Å². The number of methoxy groups -OCH3 is 1. The maximum Gasteiger partial charge on any atom is 0.256 e. The summed E-state index contributed by atoms with van der Waals surface area (Å²) in [6.07, 6.45) is 4.71. The summed E-state index contributed by atoms with van der Waals surface area (Å²) in [5.41, 5.74) is 3.99. The minimum Gasteiger partial charge on any atom is -0.375 e. The summed E-state index contributed by atoms with van der Waals surface area (Å²) < 4.78 is 19.6. The average molecular weight is 486 g/mol. The Bertz CT molecular complexity index is 1150. The zero-order chi connectivity index (χ0) is 25.3. The van der Waals surface area contributed by atoms with Crippen LogP contribution in [-0.2, 0) is 20.7 Å². The monoisotopic (exact) mass is 485 g/mol. The van der Waals surface area contributed by atoms with Crippen LogP contribution < -0.4 is 10.6 Å². The first-order chi connectivity index (χ1) is 16.7. The lowest BCUT2D eigenvalue weighted by atomic mass is 9.93. The van der Waals surface area contributed by atoms with Gasteiger partial charge in [-0.2, -0.15) is 0 Å². The number of H-pyrrole nitrogens is 1. The van der Waals surface area contributed by atoms with Gasteiger partial charge in [-0.1, -0.05) is 0 Å². The number of ether oxygens (including phenoxy) is 1. The van der Waals surface area contributed by atoms with E-state index >= 15 is 0 Å². The third-order valence-electron chi connectivity index (χ3n) is 6.61. The molecule has 3 aliphatic rings. The molecular formula is C25H32FN5O4. The number of aromatic nitrogens is 1. The van der Waals surface area contributed by atoms with Crippen LogP contribution >= 0.6 is 0 Å². The molecular weight excluding hydrogens is 453 g/mol. The molecule has 1 aromatic rings. The van der Waals surface area contributed by atoms with E-state index in [0.717, 1.165) is 30.6 Å². The van der Waals surface area contributed by atoms with Gasteiger partial charge >= 0.3 is 0 Å². The molecule has 2 aliphatic heterocycles. The van der Waals surface area contributed by atoms with Gasteiger partial charge < -0.3 is 30.2 Å². The van der Waals surface area contributed by atoms with Gasteiger partial charge in [-0.05, 0) is 57.1 Å². The van der Waals surface area contributed by atoms with Gasteiger partial charge in [0.2, 0.25) is 5.91 Å². The summed E-state index contributed by atoms with van der Waals surface area (Å²) in [6, 6.07) is -0.442. The quantitative estimate of drug-likeness (QED) is 0.507. The van der Waals surface area contributed by atoms with Crippen LogP contribution in [0.4, 0.5) is 4.39 Å². The van der Waals surface area contributed by atoms with E-state index in [-0.39, 0.29) is 30.5 Å². The van der Waals surface area contributed by atoms with Crippen molar-refractivity contribution in [3.05, 3.63) is 51.3 Å². The number of likely N-dealkylation sites (N-methyl/N-ethyl adjacent to an activating group) is 1. The zero-order valence-electron chi connectivity index (χ0n) is 20.6. The molecule has 3 amide bonds. The predicted octanol–water partition coefficient (Wildman–Crippen LogP) is 1.43. The standard InChI is InChI=1S/C25H32FN5O4/c1-14-19(27-18-6-5-7-31(9-8-30(2)3)25(34)23(14)18)11-16-15-10-17(26)21(28-22(32)13-35-4)12-20(15)29-24(16)33/h10-11,20,27H,5-9,12-13H2,1-4H3,(H,28,32)(H,29,33)/b16-11-. The molecule has 1 aromatic heterocycles. The molecule has 0 bridgehead atoms. The molecule has 4 rings (SSSR count). The summed E-state index contributed by atoms with van der Waals surface area (Å²) in [5, 5.41) is 5.37. The van der Waals surface area contributed by atoms with Crippen molar-refractivity contribution in [1.82, 2.24) is 25.4 Å². The number of halogens is 1. The van der Waals surface area contributed by atoms with Crippen LogP contribution in [0.3, 0.4) is 0 Å². The van der Waals surface area contributed by atoms with Gasteiger partial charge in [0, 0.05) is 50.1 Å². The minimum absolute atomic E-state index is 0.00574. The van der Waals surface area contributed by atoms with Crippen molar-refractivity contribution >= 4 is 23.8 Å². The lowest BCUT2D eigenvalue weighted by Crippen LogP contribution is -2.36. The number of rotatable bonds is 7. The van der Waals surface area contributed by atoms with Crippen molar-refractivity contribution < 1.29 is 23.5 Å². The van der Waals surface area contributed by atoms with Crippen molar-refractivity contribution in [2.75, 3.05) is 47.4 Å². The van der Waals surface area contributed by atoms with Crippen molar-refractivity contribution in [3.63, 3.8) is 0 Å². The van der Waals surface area contributed by atoms with E-state index in [0.29, 0.717) is 35.5 Å². The van der Waals surface area contributed by atoms with Crippen LogP contribution in [0.15, 0.2) is 28.7 Å². The van der Waals surface area contributed by atoms with Crippen LogP contribution in [0.25, 0.3) is 6.08 Å². The fourth-order valence-electron chi connectivity index (χ4n) is 4.78. The first kappa shape index (κ1) is 24.9. The largest absolute Gasteiger partial charge is 0.375 e. The Balaban J connectivity index is 1.63. The second-order valence-corrected chi connectivity index (χ2v) is 9.41. The van der Waals surface area contributed by atoms with Gasteiger partial charge in [0.1, 0.15) is 12.4 Å². The minimum atomic E-state index is -0.589. The zero-order valence-corrected chi connectivity index (χ0v) is 20.6. The molecule has 0 spiro atoms. The Morgan fingerprint density at radius 2 is 2.14 bits per heavy atom. The van der Waals surface area contributed by atoms with Crippen LogP contribution in [-0.4, -0.2) is 86.0 Å². The maximum atomic E-state index is 14.8. The number of allylic oxidation sites excluding steroid dienone is 2. The number of carbonyl (C=O) groups excluding carboxylic acids is 3. The topological polar surface area (TPSA) is 107 Å². The summed E-state index contributed by atoms with van der Waals surface area (Å²) >= 11 is 0. The van der Waals surface area contributed by atoms with Gasteiger partial charge in [-0.25, -0.2) is 4.39 Å². The molecule has 1 aliphatic carbocycles. The van der Waals surface area contributed by atoms with Gasteiger partial charge in [0.25, 0.3) is 11.8 Å². The van der Waals surface area contributed by atoms with Crippen LogP contribution in [0.2, 0.25) is 0 Å². The molecule has 10 heteroatoms. The Morgan fingerprint density at radius 3 is 2.86 bits per heavy atom. The van der Waals surface area contributed by atoms with Gasteiger partial charge in [-0.15, -0.1) is 0 Å². The highest BCUT2D eigenvalue weighted by molar-refractivity contribution is 6.07. The van der Waals surface area contributed by atoms with Gasteiger partial charge in [0.05, 0.1) is 17.3 Å². The highest BCUT2D eigenvalue weighted by Crippen LogP contribution is 2.35. The molecule has 1 atom stereocenters. The Hall–Kier alpha value is -3.24. The predicted molar refractivity (Wildman–Crippen MR) is 129 cm³/mol. The summed E-state index contributed by atoms with van der Waals surface area (Å²) in [5.74, 6) is -1.37. The molecule has 0 aromatic carbocycles. The second kappa shape index (κ2) is 10.2. The number of aryl methyl sites for hydroxylation is 1. The number of carbonyl (C=O) groups is 3. The van der Waals surface area contributed by atoms with Crippen molar-refractivity contribution in [2.24, 2.45) is 0 Å². The van der Waals surface area contributed by atoms with Gasteiger partial charge in [0.15, 0.2) is 0 Å². The molecule has 9 nitrogen and oxygen atoms in total. The van der Waals surface area contributed by atoms with E-state index in [1.165, 1.54) is 13.2 Å². The third-order valence-corrected chi connectivity index (χ3v) is 6.61. The summed E-state index contributed by atoms with van der Waals surface area (Å²) in [6.45, 7) is 3.83. The Morgan fingerprint density at radius 1 is 1.37 bits per heavy atom. The second-order valence-electron chi connectivity index (χ2n) is 9.41. The van der Waals surface area contributed by atoms with E-state index < -0.39 is 17.8 Å². The fraction of sp³-hybridized carbons (Fsp3) is 0.480. The van der Waals surface area contributed by atoms with Crippen LogP contribution in [0.1, 0.15) is 40.2 Å². The van der Waals surface area contributed by atoms with Crippen molar-refractivity contribution in [1.29, 1.82) is 0 Å². The SMILES string of the molecule is COCC(=O)NC1=C(F)C=C2/C(=C/c3[nH]c4c(c3C)C(=O)N(CCN(C)C)CCC4)C(=O)NC2C1. The number of hydrogen-bond donors (Lipinski definition) is 3. The first-order valence-electron chi connectivity index (χ1n) is 11.8. The lowest BCUT2D eigenvalue weighted by Gasteiger charge is -2.23. The van der Waals surface area contributed by atoms with Crippen LogP contribution in [0.5, 0.6) is 0 Å². The summed E-state index contributed by atoms with van der Waals surface area (Å²) in [7, 11) is 5.34. The molecule has 1 unspecified atom stereocenters. The fourth-order valence-corrected chi connectivity index (χ4v) is 4.78. The molecule has 1 saturated heterocycles. The van der Waals surface area contributed by atoms with Gasteiger partial charge in [-0.3, -0.25) is 14.4 Å². The third kappa shape index (κ3) is 5.08. The Kier molecular flexibility index (Phi) is 7.23. The lowest BCUT2D eigenvalue weighted by molar-refractivity contribution is -0.124. The van der Waals surface area contributed by atoms with E-state index in [2.05, 4.69) is 15.6 Å². The van der Waals surface area contributed by atoms with Crippen LogP contribution in [0, 0.1) is 6.92 Å². The highest BCUT2D eigenvalue weighted by atomic mass is 19.1. The number of nitrogens with one attached hydrogen (secondary N) is 3. The molecule has 3 heterocycles. The van der Waals surface area contributed by atoms with E-state index in [1.807, 2.05) is 30.8 Å². The number of aromatic amines is 1. The molecule has 35 heavy (non-hydrogen) atoms. The molecule has 3 N–H and O–H groups in total. The van der Waals surface area contributed by atoms with E-state index in [1.54, 1.807) is 6.08 Å². The molecule has 0 radical (unpaired) electrons.